The molecular weight excluding hydrogens is 348 g/mol. The number of halogens is 1. The molecule has 0 aromatic heterocycles. The van der Waals surface area contributed by atoms with Gasteiger partial charge in [0.25, 0.3) is 0 Å². The fraction of sp³-hybridized carbons (Fsp3) is 0.333. The van der Waals surface area contributed by atoms with E-state index in [1.807, 2.05) is 54.6 Å². The molecule has 1 saturated heterocycles. The third-order valence-corrected chi connectivity index (χ3v) is 4.94. The molecule has 2 aromatic carbocycles. The van der Waals surface area contributed by atoms with Crippen molar-refractivity contribution in [3.63, 3.8) is 0 Å². The standard InChI is InChI=1S/C21H23ClN2O2/c22-19-8-4-7-17(13-19)10-12-24-15-18(14-20(24)25)21(26)23-11-9-16-5-2-1-3-6-16/h1-8,13,18H,9-12,14-15H2,(H,23,26). The third-order valence-electron chi connectivity index (χ3n) is 4.70. The summed E-state index contributed by atoms with van der Waals surface area (Å²) in [6, 6.07) is 17.7. The van der Waals surface area contributed by atoms with E-state index in [1.165, 1.54) is 5.56 Å². The van der Waals surface area contributed by atoms with Crippen LogP contribution < -0.4 is 5.32 Å². The Hall–Kier alpha value is -2.33. The van der Waals surface area contributed by atoms with Gasteiger partial charge in [-0.05, 0) is 36.1 Å². The highest BCUT2D eigenvalue weighted by Crippen LogP contribution is 2.19. The molecule has 1 unspecified atom stereocenters. The number of nitrogens with one attached hydrogen (secondary N) is 1. The van der Waals surface area contributed by atoms with Gasteiger partial charge in [0, 0.05) is 31.1 Å². The van der Waals surface area contributed by atoms with Crippen molar-refractivity contribution >= 4 is 23.4 Å². The van der Waals surface area contributed by atoms with Crippen LogP contribution in [0.2, 0.25) is 5.02 Å². The van der Waals surface area contributed by atoms with Gasteiger partial charge in [-0.15, -0.1) is 0 Å². The summed E-state index contributed by atoms with van der Waals surface area (Å²) in [5.41, 5.74) is 2.29. The van der Waals surface area contributed by atoms with Crippen molar-refractivity contribution in [3.8, 4) is 0 Å². The number of hydrogen-bond donors (Lipinski definition) is 1. The Labute approximate surface area is 159 Å². The summed E-state index contributed by atoms with van der Waals surface area (Å²) in [5, 5.41) is 3.66. The van der Waals surface area contributed by atoms with E-state index < -0.39 is 0 Å². The van der Waals surface area contributed by atoms with Crippen LogP contribution in [0.1, 0.15) is 17.5 Å². The quantitative estimate of drug-likeness (QED) is 0.814. The molecular formula is C21H23ClN2O2. The molecule has 3 rings (SSSR count). The average Bonchev–Trinajstić information content (AvgIpc) is 3.02. The first-order chi connectivity index (χ1) is 12.6. The molecule has 1 aliphatic heterocycles. The Morgan fingerprint density at radius 3 is 2.62 bits per heavy atom. The van der Waals surface area contributed by atoms with Gasteiger partial charge in [-0.3, -0.25) is 9.59 Å². The van der Waals surface area contributed by atoms with E-state index in [0.29, 0.717) is 31.1 Å². The number of nitrogens with zero attached hydrogens (tertiary/aromatic N) is 1. The largest absolute Gasteiger partial charge is 0.355 e. The van der Waals surface area contributed by atoms with E-state index in [1.54, 1.807) is 4.90 Å². The summed E-state index contributed by atoms with van der Waals surface area (Å²) >= 11 is 5.99. The minimum Gasteiger partial charge on any atom is -0.355 e. The molecule has 2 amide bonds. The van der Waals surface area contributed by atoms with E-state index in [0.717, 1.165) is 18.4 Å². The summed E-state index contributed by atoms with van der Waals surface area (Å²) in [6.45, 7) is 1.71. The van der Waals surface area contributed by atoms with Crippen LogP contribution in [-0.2, 0) is 22.4 Å². The number of carbonyl (C=O) groups excluding carboxylic acids is 2. The highest BCUT2D eigenvalue weighted by atomic mass is 35.5. The molecule has 0 aliphatic carbocycles. The SMILES string of the molecule is O=C(NCCc1ccccc1)C1CC(=O)N(CCc2cccc(Cl)c2)C1. The molecule has 1 heterocycles. The molecule has 1 N–H and O–H groups in total. The van der Waals surface area contributed by atoms with Crippen LogP contribution in [0.25, 0.3) is 0 Å². The van der Waals surface area contributed by atoms with Gasteiger partial charge in [-0.25, -0.2) is 0 Å². The predicted octanol–water partition coefficient (Wildman–Crippen LogP) is 3.09. The van der Waals surface area contributed by atoms with E-state index in [9.17, 15) is 9.59 Å². The molecule has 2 aromatic rings. The van der Waals surface area contributed by atoms with Gasteiger partial charge in [0.05, 0.1) is 5.92 Å². The Bertz CT molecular complexity index is 764. The van der Waals surface area contributed by atoms with Crippen LogP contribution in [0.15, 0.2) is 54.6 Å². The highest BCUT2D eigenvalue weighted by Gasteiger charge is 2.33. The summed E-state index contributed by atoms with van der Waals surface area (Å²) in [7, 11) is 0. The van der Waals surface area contributed by atoms with Gasteiger partial charge < -0.3 is 10.2 Å². The van der Waals surface area contributed by atoms with Crippen LogP contribution >= 0.6 is 11.6 Å². The van der Waals surface area contributed by atoms with E-state index in [4.69, 9.17) is 11.6 Å². The van der Waals surface area contributed by atoms with Crippen molar-refractivity contribution in [2.75, 3.05) is 19.6 Å². The van der Waals surface area contributed by atoms with E-state index >= 15 is 0 Å². The summed E-state index contributed by atoms with van der Waals surface area (Å²) < 4.78 is 0. The molecule has 4 nitrogen and oxygen atoms in total. The van der Waals surface area contributed by atoms with Crippen LogP contribution in [0.3, 0.4) is 0 Å². The zero-order valence-corrected chi connectivity index (χ0v) is 15.4. The van der Waals surface area contributed by atoms with Crippen LogP contribution in [0, 0.1) is 5.92 Å². The molecule has 0 bridgehead atoms. The van der Waals surface area contributed by atoms with Gasteiger partial charge in [-0.2, -0.15) is 0 Å². The molecule has 1 atom stereocenters. The summed E-state index contributed by atoms with van der Waals surface area (Å²) in [6.07, 6.45) is 1.84. The van der Waals surface area contributed by atoms with E-state index in [-0.39, 0.29) is 17.7 Å². The Morgan fingerprint density at radius 1 is 1.08 bits per heavy atom. The second kappa shape index (κ2) is 8.86. The Kier molecular flexibility index (Phi) is 6.29. The number of rotatable bonds is 7. The first kappa shape index (κ1) is 18.5. The number of amides is 2. The lowest BCUT2D eigenvalue weighted by molar-refractivity contribution is -0.129. The molecule has 0 saturated carbocycles. The second-order valence-corrected chi connectivity index (χ2v) is 7.08. The number of likely N-dealkylation sites (tertiary alicyclic amines) is 1. The zero-order valence-electron chi connectivity index (χ0n) is 14.7. The fourth-order valence-corrected chi connectivity index (χ4v) is 3.45. The molecule has 0 spiro atoms. The van der Waals surface area contributed by atoms with E-state index in [2.05, 4.69) is 5.32 Å². The number of carbonyl (C=O) groups is 2. The molecule has 136 valence electrons. The maximum absolute atomic E-state index is 12.3. The highest BCUT2D eigenvalue weighted by molar-refractivity contribution is 6.30. The lowest BCUT2D eigenvalue weighted by Crippen LogP contribution is -2.34. The molecule has 5 heteroatoms. The minimum absolute atomic E-state index is 0.0282. The molecule has 1 aliphatic rings. The zero-order chi connectivity index (χ0) is 18.4. The first-order valence-corrected chi connectivity index (χ1v) is 9.33. The van der Waals surface area contributed by atoms with Crippen molar-refractivity contribution in [1.82, 2.24) is 10.2 Å². The summed E-state index contributed by atoms with van der Waals surface area (Å²) in [4.78, 5) is 26.3. The van der Waals surface area contributed by atoms with Crippen molar-refractivity contribution in [3.05, 3.63) is 70.7 Å². The summed E-state index contributed by atoms with van der Waals surface area (Å²) in [5.74, 6) is -0.229. The van der Waals surface area contributed by atoms with Gasteiger partial charge in [-0.1, -0.05) is 54.1 Å². The molecule has 26 heavy (non-hydrogen) atoms. The van der Waals surface area contributed by atoms with Gasteiger partial charge >= 0.3 is 0 Å². The maximum Gasteiger partial charge on any atom is 0.225 e. The monoisotopic (exact) mass is 370 g/mol. The smallest absolute Gasteiger partial charge is 0.225 e. The third kappa shape index (κ3) is 5.09. The fourth-order valence-electron chi connectivity index (χ4n) is 3.24. The Balaban J connectivity index is 1.43. The second-order valence-electron chi connectivity index (χ2n) is 6.65. The van der Waals surface area contributed by atoms with Crippen LogP contribution in [-0.4, -0.2) is 36.3 Å². The topological polar surface area (TPSA) is 49.4 Å². The maximum atomic E-state index is 12.3. The molecule has 0 radical (unpaired) electrons. The van der Waals surface area contributed by atoms with Crippen molar-refractivity contribution in [1.29, 1.82) is 0 Å². The first-order valence-electron chi connectivity index (χ1n) is 8.95. The van der Waals surface area contributed by atoms with Crippen LogP contribution in [0.5, 0.6) is 0 Å². The van der Waals surface area contributed by atoms with Crippen LogP contribution in [0.4, 0.5) is 0 Å². The minimum atomic E-state index is -0.252. The average molecular weight is 371 g/mol. The van der Waals surface area contributed by atoms with Crippen molar-refractivity contribution in [2.45, 2.75) is 19.3 Å². The van der Waals surface area contributed by atoms with Gasteiger partial charge in [0.2, 0.25) is 11.8 Å². The van der Waals surface area contributed by atoms with Crippen molar-refractivity contribution < 1.29 is 9.59 Å². The number of benzene rings is 2. The lowest BCUT2D eigenvalue weighted by Gasteiger charge is -2.16. The molecule has 1 fully saturated rings. The lowest BCUT2D eigenvalue weighted by atomic mass is 10.1. The normalized spacial score (nSPS) is 16.7. The van der Waals surface area contributed by atoms with Crippen molar-refractivity contribution in [2.24, 2.45) is 5.92 Å². The Morgan fingerprint density at radius 2 is 1.85 bits per heavy atom. The number of hydrogen-bond acceptors (Lipinski definition) is 2. The van der Waals surface area contributed by atoms with Gasteiger partial charge in [0.15, 0.2) is 0 Å². The predicted molar refractivity (Wildman–Crippen MR) is 103 cm³/mol. The van der Waals surface area contributed by atoms with Gasteiger partial charge in [0.1, 0.15) is 0 Å².